The van der Waals surface area contributed by atoms with Crippen LogP contribution in [0.25, 0.3) is 23.3 Å². The van der Waals surface area contributed by atoms with Crippen LogP contribution in [0.15, 0.2) is 35.0 Å². The first-order valence-corrected chi connectivity index (χ1v) is 14.1. The van der Waals surface area contributed by atoms with Crippen molar-refractivity contribution in [1.82, 2.24) is 29.4 Å². The van der Waals surface area contributed by atoms with Crippen molar-refractivity contribution in [3.8, 4) is 0 Å². The predicted molar refractivity (Wildman–Crippen MR) is 153 cm³/mol. The highest BCUT2D eigenvalue weighted by molar-refractivity contribution is 5.84. The van der Waals surface area contributed by atoms with E-state index in [1.165, 1.54) is 5.35 Å². The Labute approximate surface area is 233 Å². The second-order valence-corrected chi connectivity index (χ2v) is 10.4. The third kappa shape index (κ3) is 5.79. The van der Waals surface area contributed by atoms with Gasteiger partial charge in [-0.2, -0.15) is 0 Å². The van der Waals surface area contributed by atoms with Crippen molar-refractivity contribution in [2.24, 2.45) is 0 Å². The Morgan fingerprint density at radius 2 is 1.93 bits per heavy atom. The van der Waals surface area contributed by atoms with Gasteiger partial charge in [0.05, 0.1) is 48.7 Å². The van der Waals surface area contributed by atoms with Gasteiger partial charge in [-0.15, -0.1) is 0 Å². The number of aromatic nitrogens is 5. The number of ether oxygens (including phenoxy) is 2. The maximum absolute atomic E-state index is 6.17. The SMILES string of the molecule is COCCOCCn1c(CCN2CC(c3nc4c(NCc5ncccc5C)nccc4o3)C2)nc2c1=CCCC=2. The zero-order chi connectivity index (χ0) is 27.3. The summed E-state index contributed by atoms with van der Waals surface area (Å²) in [6.45, 7) is 8.15. The van der Waals surface area contributed by atoms with Crippen LogP contribution in [0.5, 0.6) is 0 Å². The molecule has 10 nitrogen and oxygen atoms in total. The molecule has 210 valence electrons. The number of aryl methyl sites for hydroxylation is 1. The second kappa shape index (κ2) is 12.3. The van der Waals surface area contributed by atoms with Crippen molar-refractivity contribution in [3.05, 3.63) is 64.3 Å². The Morgan fingerprint density at radius 3 is 2.80 bits per heavy atom. The highest BCUT2D eigenvalue weighted by Crippen LogP contribution is 2.31. The summed E-state index contributed by atoms with van der Waals surface area (Å²) >= 11 is 0. The number of likely N-dealkylation sites (tertiary alicyclic amines) is 1. The van der Waals surface area contributed by atoms with E-state index in [0.29, 0.717) is 26.4 Å². The first kappa shape index (κ1) is 26.6. The molecular weight excluding hydrogens is 506 g/mol. The molecule has 1 fully saturated rings. The van der Waals surface area contributed by atoms with Crippen LogP contribution in [0.3, 0.4) is 0 Å². The van der Waals surface area contributed by atoms with Crippen LogP contribution >= 0.6 is 0 Å². The molecule has 10 heteroatoms. The number of hydrogen-bond acceptors (Lipinski definition) is 9. The van der Waals surface area contributed by atoms with Crippen LogP contribution in [-0.2, 0) is 29.0 Å². The van der Waals surface area contributed by atoms with Gasteiger partial charge in [0, 0.05) is 58.2 Å². The third-order valence-corrected chi connectivity index (χ3v) is 7.67. The Morgan fingerprint density at radius 1 is 1.02 bits per heavy atom. The van der Waals surface area contributed by atoms with Crippen LogP contribution < -0.4 is 16.0 Å². The first-order chi connectivity index (χ1) is 19.7. The van der Waals surface area contributed by atoms with Gasteiger partial charge in [-0.3, -0.25) is 4.98 Å². The summed E-state index contributed by atoms with van der Waals surface area (Å²) in [4.78, 5) is 21.3. The average Bonchev–Trinajstić information content (AvgIpc) is 3.53. The fraction of sp³-hybridized carbons (Fsp3) is 0.467. The van der Waals surface area contributed by atoms with E-state index in [0.717, 1.165) is 90.7 Å². The van der Waals surface area contributed by atoms with E-state index in [4.69, 9.17) is 23.9 Å². The van der Waals surface area contributed by atoms with Gasteiger partial charge in [0.15, 0.2) is 16.9 Å². The maximum atomic E-state index is 6.17. The first-order valence-electron chi connectivity index (χ1n) is 14.1. The van der Waals surface area contributed by atoms with Gasteiger partial charge in [0.25, 0.3) is 0 Å². The molecule has 0 radical (unpaired) electrons. The van der Waals surface area contributed by atoms with Crippen molar-refractivity contribution in [2.45, 2.75) is 45.2 Å². The lowest BCUT2D eigenvalue weighted by Gasteiger charge is -2.37. The molecule has 1 aliphatic heterocycles. The zero-order valence-corrected chi connectivity index (χ0v) is 23.3. The lowest BCUT2D eigenvalue weighted by Crippen LogP contribution is -2.46. The standard InChI is InChI=1S/C30H37N7O3/c1-21-6-5-11-31-24(21)18-33-29-28-26(9-12-32-29)40-30(35-28)22-19-36(20-22)13-10-27-34-23-7-3-4-8-25(23)37(27)14-15-39-17-16-38-2/h5-9,11-12,22H,3-4,10,13-20H2,1-2H3,(H,32,33). The largest absolute Gasteiger partial charge is 0.440 e. The van der Waals surface area contributed by atoms with E-state index in [1.54, 1.807) is 13.3 Å². The number of nitrogens with zero attached hydrogens (tertiary/aromatic N) is 6. The summed E-state index contributed by atoms with van der Waals surface area (Å²) in [5.74, 6) is 2.92. The number of rotatable bonds is 13. The molecule has 0 unspecified atom stereocenters. The van der Waals surface area contributed by atoms with Crippen molar-refractivity contribution in [1.29, 1.82) is 0 Å². The molecule has 2 aliphatic rings. The predicted octanol–water partition coefficient (Wildman–Crippen LogP) is 2.39. The minimum Gasteiger partial charge on any atom is -0.440 e. The van der Waals surface area contributed by atoms with E-state index in [1.807, 2.05) is 18.3 Å². The number of nitrogens with one attached hydrogen (secondary N) is 1. The Bertz CT molecular complexity index is 1570. The maximum Gasteiger partial charge on any atom is 0.201 e. The zero-order valence-electron chi connectivity index (χ0n) is 23.3. The number of hydrogen-bond donors (Lipinski definition) is 1. The molecule has 0 saturated carbocycles. The van der Waals surface area contributed by atoms with Gasteiger partial charge in [-0.25, -0.2) is 15.0 Å². The normalized spacial score (nSPS) is 15.4. The van der Waals surface area contributed by atoms with Gasteiger partial charge < -0.3 is 28.7 Å². The highest BCUT2D eigenvalue weighted by atomic mass is 16.5. The summed E-state index contributed by atoms with van der Waals surface area (Å²) in [5.41, 5.74) is 3.68. The number of oxazole rings is 1. The quantitative estimate of drug-likeness (QED) is 0.255. The van der Waals surface area contributed by atoms with Crippen LogP contribution in [0.2, 0.25) is 0 Å². The van der Waals surface area contributed by atoms with Gasteiger partial charge >= 0.3 is 0 Å². The minimum absolute atomic E-state index is 0.280. The fourth-order valence-electron chi connectivity index (χ4n) is 5.39. The van der Waals surface area contributed by atoms with E-state index in [2.05, 4.69) is 49.9 Å². The fourth-order valence-corrected chi connectivity index (χ4v) is 5.39. The average molecular weight is 544 g/mol. The van der Waals surface area contributed by atoms with E-state index in [9.17, 15) is 0 Å². The van der Waals surface area contributed by atoms with E-state index < -0.39 is 0 Å². The van der Waals surface area contributed by atoms with Crippen LogP contribution in [0, 0.1) is 6.92 Å². The van der Waals surface area contributed by atoms with Crippen molar-refractivity contribution >= 4 is 29.1 Å². The van der Waals surface area contributed by atoms with Crippen molar-refractivity contribution in [2.75, 3.05) is 51.9 Å². The van der Waals surface area contributed by atoms with Gasteiger partial charge in [-0.05, 0) is 31.4 Å². The van der Waals surface area contributed by atoms with E-state index >= 15 is 0 Å². The second-order valence-electron chi connectivity index (χ2n) is 10.4. The Balaban J connectivity index is 1.06. The molecular formula is C30H37N7O3. The molecule has 1 aliphatic carbocycles. The number of fused-ring (bicyclic) bond motifs is 2. The smallest absolute Gasteiger partial charge is 0.201 e. The lowest BCUT2D eigenvalue weighted by atomic mass is 10.00. The lowest BCUT2D eigenvalue weighted by molar-refractivity contribution is 0.0659. The topological polar surface area (TPSA) is 103 Å². The molecule has 0 aromatic carbocycles. The summed E-state index contributed by atoms with van der Waals surface area (Å²) in [6.07, 6.45) is 11.2. The minimum atomic E-state index is 0.280. The number of anilines is 1. The molecule has 0 spiro atoms. The molecule has 4 aromatic rings. The van der Waals surface area contributed by atoms with E-state index in [-0.39, 0.29) is 5.92 Å². The van der Waals surface area contributed by atoms with Crippen LogP contribution in [0.1, 0.15) is 41.7 Å². The van der Waals surface area contributed by atoms with Gasteiger partial charge in [0.1, 0.15) is 5.82 Å². The summed E-state index contributed by atoms with van der Waals surface area (Å²) < 4.78 is 19.3. The third-order valence-electron chi connectivity index (χ3n) is 7.67. The number of pyridine rings is 2. The Kier molecular flexibility index (Phi) is 8.17. The molecule has 6 rings (SSSR count). The molecule has 0 amide bonds. The summed E-state index contributed by atoms with van der Waals surface area (Å²) in [6, 6.07) is 5.89. The van der Waals surface area contributed by atoms with Crippen LogP contribution in [-0.4, -0.2) is 76.0 Å². The van der Waals surface area contributed by atoms with Crippen LogP contribution in [0.4, 0.5) is 5.82 Å². The molecule has 5 heterocycles. The molecule has 0 bridgehead atoms. The summed E-state index contributed by atoms with van der Waals surface area (Å²) in [7, 11) is 1.70. The molecule has 40 heavy (non-hydrogen) atoms. The van der Waals surface area contributed by atoms with Gasteiger partial charge in [0.2, 0.25) is 5.89 Å². The number of methoxy groups -OCH3 is 1. The highest BCUT2D eigenvalue weighted by Gasteiger charge is 2.32. The summed E-state index contributed by atoms with van der Waals surface area (Å²) in [5, 5.41) is 5.74. The van der Waals surface area contributed by atoms with Gasteiger partial charge in [-0.1, -0.05) is 18.2 Å². The molecule has 1 saturated heterocycles. The molecule has 1 N–H and O–H groups in total. The molecule has 4 aromatic heterocycles. The molecule has 0 atom stereocenters. The van der Waals surface area contributed by atoms with Crippen molar-refractivity contribution in [3.63, 3.8) is 0 Å². The van der Waals surface area contributed by atoms with Crippen molar-refractivity contribution < 1.29 is 13.9 Å². The number of imidazole rings is 1. The Hall–Kier alpha value is -3.60. The monoisotopic (exact) mass is 543 g/mol.